The van der Waals surface area contributed by atoms with Crippen LogP contribution in [0.25, 0.3) is 0 Å². The van der Waals surface area contributed by atoms with E-state index in [2.05, 4.69) is 6.92 Å². The van der Waals surface area contributed by atoms with Crippen LogP contribution in [0, 0.1) is 6.92 Å². The maximum Gasteiger partial charge on any atom is 0.261 e. The van der Waals surface area contributed by atoms with Crippen molar-refractivity contribution in [2.24, 2.45) is 7.05 Å². The average molecular weight is 496 g/mol. The number of pyridine rings is 1. The number of carbonyl (C=O) groups excluding carboxylic acids is 2. The molecule has 0 N–H and O–H groups in total. The zero-order valence-electron chi connectivity index (χ0n) is 23.1. The summed E-state index contributed by atoms with van der Waals surface area (Å²) in [6, 6.07) is 11.3. The van der Waals surface area contributed by atoms with E-state index in [1.807, 2.05) is 55.1 Å². The molecule has 0 saturated heterocycles. The highest BCUT2D eigenvalue weighted by molar-refractivity contribution is 6.04. The molecule has 2 amide bonds. The van der Waals surface area contributed by atoms with Gasteiger partial charge in [0.05, 0.1) is 6.61 Å². The molecule has 0 atom stereocenters. The second-order valence-electron chi connectivity index (χ2n) is 9.93. The molecule has 0 aliphatic heterocycles. The molecule has 2 rings (SSSR count). The largest absolute Gasteiger partial charge is 0.494 e. The van der Waals surface area contributed by atoms with E-state index in [4.69, 9.17) is 4.74 Å². The number of ether oxygens (including phenoxy) is 1. The van der Waals surface area contributed by atoms with Crippen LogP contribution in [0.15, 0.2) is 42.6 Å². The molecule has 2 aromatic rings. The molecule has 5 nitrogen and oxygen atoms in total. The summed E-state index contributed by atoms with van der Waals surface area (Å²) in [6.07, 6.45) is 17.8. The van der Waals surface area contributed by atoms with Gasteiger partial charge in [0, 0.05) is 24.6 Å². The molecule has 36 heavy (non-hydrogen) atoms. The Kier molecular flexibility index (Phi) is 13.9. The lowest BCUT2D eigenvalue weighted by molar-refractivity contribution is -0.679. The Morgan fingerprint density at radius 2 is 1.47 bits per heavy atom. The first-order valence-electron chi connectivity index (χ1n) is 13.9. The van der Waals surface area contributed by atoms with E-state index in [0.29, 0.717) is 12.2 Å². The highest BCUT2D eigenvalue weighted by Gasteiger charge is 2.24. The lowest BCUT2D eigenvalue weighted by Gasteiger charge is -2.19. The molecule has 0 radical (unpaired) electrons. The number of amides is 2. The fraction of sp³-hybridized carbons (Fsp3) is 0.581. The number of benzene rings is 1. The van der Waals surface area contributed by atoms with Crippen LogP contribution in [-0.4, -0.2) is 23.3 Å². The van der Waals surface area contributed by atoms with Crippen molar-refractivity contribution in [1.82, 2.24) is 4.90 Å². The third-order valence-corrected chi connectivity index (χ3v) is 6.80. The lowest BCUT2D eigenvalue weighted by Crippen LogP contribution is -2.41. The Bertz CT molecular complexity index is 941. The van der Waals surface area contributed by atoms with Gasteiger partial charge in [-0.3, -0.25) is 14.5 Å². The minimum Gasteiger partial charge on any atom is -0.494 e. The fourth-order valence-electron chi connectivity index (χ4n) is 4.46. The number of nitrogens with zero attached hydrogens (tertiary/aromatic N) is 2. The summed E-state index contributed by atoms with van der Waals surface area (Å²) < 4.78 is 7.86. The molecule has 198 valence electrons. The van der Waals surface area contributed by atoms with Gasteiger partial charge in [-0.05, 0) is 37.1 Å². The number of hydrogen-bond donors (Lipinski definition) is 0. The van der Waals surface area contributed by atoms with Crippen LogP contribution in [0.2, 0.25) is 0 Å². The van der Waals surface area contributed by atoms with Gasteiger partial charge in [-0.15, -0.1) is 0 Å². The van der Waals surface area contributed by atoms with Gasteiger partial charge in [-0.25, -0.2) is 4.57 Å². The molecular formula is C31H47N2O3+. The van der Waals surface area contributed by atoms with Crippen molar-refractivity contribution >= 4 is 11.8 Å². The highest BCUT2D eigenvalue weighted by atomic mass is 16.5. The molecule has 1 heterocycles. The van der Waals surface area contributed by atoms with Gasteiger partial charge >= 0.3 is 0 Å². The number of hydrogen-bond acceptors (Lipinski definition) is 3. The van der Waals surface area contributed by atoms with Crippen LogP contribution < -0.4 is 9.30 Å². The summed E-state index contributed by atoms with van der Waals surface area (Å²) in [5, 5.41) is 0. The summed E-state index contributed by atoms with van der Waals surface area (Å²) in [6.45, 7) is 6.52. The highest BCUT2D eigenvalue weighted by Crippen LogP contribution is 2.20. The smallest absolute Gasteiger partial charge is 0.261 e. The SMILES string of the molecule is CCCCCCCCCCCCCCOc1ccc(C(=O)N(Cc2cccc[n+]2C)C(C)=O)c(C)c1. The summed E-state index contributed by atoms with van der Waals surface area (Å²) in [7, 11) is 1.91. The van der Waals surface area contributed by atoms with E-state index >= 15 is 0 Å². The third-order valence-electron chi connectivity index (χ3n) is 6.80. The first kappa shape index (κ1) is 29.5. The van der Waals surface area contributed by atoms with E-state index in [1.165, 1.54) is 82.5 Å². The number of imide groups is 1. The van der Waals surface area contributed by atoms with Crippen LogP contribution in [0.4, 0.5) is 0 Å². The normalized spacial score (nSPS) is 10.9. The minimum atomic E-state index is -0.281. The van der Waals surface area contributed by atoms with E-state index in [1.54, 1.807) is 6.07 Å². The predicted molar refractivity (Wildman–Crippen MR) is 146 cm³/mol. The summed E-state index contributed by atoms with van der Waals surface area (Å²) in [4.78, 5) is 26.7. The van der Waals surface area contributed by atoms with Gasteiger partial charge in [-0.1, -0.05) is 83.6 Å². The zero-order valence-corrected chi connectivity index (χ0v) is 23.1. The number of aryl methyl sites for hydroxylation is 2. The van der Waals surface area contributed by atoms with Crippen LogP contribution in [0.1, 0.15) is 113 Å². The number of carbonyl (C=O) groups is 2. The number of rotatable bonds is 17. The van der Waals surface area contributed by atoms with Crippen molar-refractivity contribution in [3.63, 3.8) is 0 Å². The molecule has 0 spiro atoms. The summed E-state index contributed by atoms with van der Waals surface area (Å²) >= 11 is 0. The minimum absolute atomic E-state index is 0.238. The maximum atomic E-state index is 13.2. The first-order valence-corrected chi connectivity index (χ1v) is 13.9. The van der Waals surface area contributed by atoms with Crippen molar-refractivity contribution in [2.45, 2.75) is 104 Å². The quantitative estimate of drug-likeness (QED) is 0.174. The first-order chi connectivity index (χ1) is 17.4. The Morgan fingerprint density at radius 3 is 2.03 bits per heavy atom. The molecule has 0 aliphatic carbocycles. The standard InChI is InChI=1S/C31H47N2O3/c1-5-6-7-8-9-10-11-12-13-14-15-18-23-36-29-20-21-30(26(2)24-29)31(35)33(27(3)34)25-28-19-16-17-22-32(28)4/h16-17,19-22,24H,5-15,18,23,25H2,1-4H3/q+1. The molecule has 0 unspecified atom stereocenters. The van der Waals surface area contributed by atoms with E-state index in [9.17, 15) is 9.59 Å². The van der Waals surface area contributed by atoms with Crippen molar-refractivity contribution < 1.29 is 18.9 Å². The van der Waals surface area contributed by atoms with Crippen molar-refractivity contribution in [1.29, 1.82) is 0 Å². The van der Waals surface area contributed by atoms with Gasteiger partial charge in [0.25, 0.3) is 5.91 Å². The average Bonchev–Trinajstić information content (AvgIpc) is 2.86. The van der Waals surface area contributed by atoms with Crippen LogP contribution in [0.3, 0.4) is 0 Å². The number of aromatic nitrogens is 1. The molecule has 0 fully saturated rings. The van der Waals surface area contributed by atoms with Crippen LogP contribution >= 0.6 is 0 Å². The molecule has 5 heteroatoms. The van der Waals surface area contributed by atoms with Crippen LogP contribution in [-0.2, 0) is 18.4 Å². The zero-order chi connectivity index (χ0) is 26.2. The van der Waals surface area contributed by atoms with Crippen LogP contribution in [0.5, 0.6) is 5.75 Å². The van der Waals surface area contributed by atoms with Gasteiger partial charge in [0.15, 0.2) is 6.20 Å². The Hall–Kier alpha value is -2.69. The van der Waals surface area contributed by atoms with Crippen molar-refractivity contribution in [3.8, 4) is 5.75 Å². The van der Waals surface area contributed by atoms with Gasteiger partial charge < -0.3 is 4.74 Å². The Labute approximate surface area is 218 Å². The Balaban J connectivity index is 1.71. The molecule has 0 saturated carbocycles. The second kappa shape index (κ2) is 16.9. The molecular weight excluding hydrogens is 448 g/mol. The topological polar surface area (TPSA) is 50.5 Å². The van der Waals surface area contributed by atoms with E-state index < -0.39 is 0 Å². The molecule has 0 bridgehead atoms. The molecule has 1 aromatic heterocycles. The molecule has 0 aliphatic rings. The van der Waals surface area contributed by atoms with E-state index in [0.717, 1.165) is 23.4 Å². The summed E-state index contributed by atoms with van der Waals surface area (Å²) in [5.41, 5.74) is 2.23. The monoisotopic (exact) mass is 495 g/mol. The lowest BCUT2D eigenvalue weighted by atomic mass is 10.1. The van der Waals surface area contributed by atoms with Gasteiger partial charge in [-0.2, -0.15) is 0 Å². The fourth-order valence-corrected chi connectivity index (χ4v) is 4.46. The summed E-state index contributed by atoms with van der Waals surface area (Å²) in [5.74, 6) is 0.225. The second-order valence-corrected chi connectivity index (χ2v) is 9.93. The maximum absolute atomic E-state index is 13.2. The predicted octanol–water partition coefficient (Wildman–Crippen LogP) is 7.09. The van der Waals surface area contributed by atoms with Gasteiger partial charge in [0.2, 0.25) is 11.6 Å². The van der Waals surface area contributed by atoms with E-state index in [-0.39, 0.29) is 18.4 Å². The Morgan fingerprint density at radius 1 is 0.861 bits per heavy atom. The van der Waals surface area contributed by atoms with Crippen molar-refractivity contribution in [2.75, 3.05) is 6.61 Å². The molecule has 1 aromatic carbocycles. The number of unbranched alkanes of at least 4 members (excludes halogenated alkanes) is 11. The van der Waals surface area contributed by atoms with Crippen molar-refractivity contribution in [3.05, 3.63) is 59.4 Å². The third kappa shape index (κ3) is 10.5. The van der Waals surface area contributed by atoms with Gasteiger partial charge in [0.1, 0.15) is 19.3 Å².